The van der Waals surface area contributed by atoms with Crippen molar-refractivity contribution >= 4 is 0 Å². The summed E-state index contributed by atoms with van der Waals surface area (Å²) >= 11 is 0. The summed E-state index contributed by atoms with van der Waals surface area (Å²) in [6, 6.07) is 16.4. The van der Waals surface area contributed by atoms with Crippen molar-refractivity contribution in [1.82, 2.24) is 0 Å². The molecule has 3 aliphatic rings. The number of unbranched alkanes of at least 4 members (excludes halogenated alkanes) is 1. The first-order valence-electron chi connectivity index (χ1n) is 13.0. The first-order valence-corrected chi connectivity index (χ1v) is 13.0. The maximum absolute atomic E-state index is 14.1. The molecule has 0 amide bonds. The zero-order chi connectivity index (χ0) is 24.6. The van der Waals surface area contributed by atoms with Crippen molar-refractivity contribution in [2.24, 2.45) is 23.2 Å². The summed E-state index contributed by atoms with van der Waals surface area (Å²) in [6.45, 7) is 2.49. The predicted octanol–water partition coefficient (Wildman–Crippen LogP) is 7.61. The third-order valence-electron chi connectivity index (χ3n) is 8.91. The van der Waals surface area contributed by atoms with Gasteiger partial charge in [-0.2, -0.15) is 13.2 Å². The molecule has 0 radical (unpaired) electrons. The highest BCUT2D eigenvalue weighted by Gasteiger charge is 2.60. The largest absolute Gasteiger partial charge is 0.489 e. The standard InChI is InChI=1S/C30H35F3O2/c1-29-15-14-25-24-13-11-23(35-19-20-7-3-2-4-8-20)17-21(24)10-12-26(25)28(29)22(9-5-6-16-34)18-27(29)30(31,32)33/h2-4,7-8,11,13,17-18,22,25-26,28,34H,5-6,9-10,12,14-16,19H2,1H3/t22?,25-,26-,28+,29-/m1/s1. The number of alkyl halides is 3. The highest BCUT2D eigenvalue weighted by Crippen LogP contribution is 2.65. The number of halogens is 3. The Hall–Kier alpha value is -2.27. The van der Waals surface area contributed by atoms with Gasteiger partial charge in [0.25, 0.3) is 0 Å². The molecule has 1 N–H and O–H groups in total. The van der Waals surface area contributed by atoms with E-state index in [-0.39, 0.29) is 29.9 Å². The number of benzene rings is 2. The molecule has 0 spiro atoms. The molecule has 0 heterocycles. The number of allylic oxidation sites excluding steroid dienone is 2. The Morgan fingerprint density at radius 3 is 2.60 bits per heavy atom. The molecule has 2 nitrogen and oxygen atoms in total. The van der Waals surface area contributed by atoms with Gasteiger partial charge in [0, 0.05) is 17.6 Å². The number of aliphatic hydroxyl groups excluding tert-OH is 1. The summed E-state index contributed by atoms with van der Waals surface area (Å²) in [7, 11) is 0. The molecule has 5 heteroatoms. The van der Waals surface area contributed by atoms with Gasteiger partial charge in [0.15, 0.2) is 0 Å². The van der Waals surface area contributed by atoms with Crippen LogP contribution in [0.2, 0.25) is 0 Å². The van der Waals surface area contributed by atoms with Gasteiger partial charge in [-0.05, 0) is 91.0 Å². The fourth-order valence-corrected chi connectivity index (χ4v) is 7.42. The summed E-state index contributed by atoms with van der Waals surface area (Å²) in [5.41, 5.74) is 2.62. The van der Waals surface area contributed by atoms with E-state index in [0.29, 0.717) is 25.4 Å². The van der Waals surface area contributed by atoms with Crippen LogP contribution in [0.3, 0.4) is 0 Å². The highest BCUT2D eigenvalue weighted by molar-refractivity contribution is 5.42. The van der Waals surface area contributed by atoms with Crippen LogP contribution >= 0.6 is 0 Å². The van der Waals surface area contributed by atoms with Crippen LogP contribution in [-0.2, 0) is 13.0 Å². The van der Waals surface area contributed by atoms with E-state index < -0.39 is 11.6 Å². The Morgan fingerprint density at radius 2 is 1.86 bits per heavy atom. The van der Waals surface area contributed by atoms with Gasteiger partial charge >= 0.3 is 6.18 Å². The number of ether oxygens (including phenoxy) is 1. The number of aryl methyl sites for hydroxylation is 1. The Kier molecular flexibility index (Phi) is 6.73. The third kappa shape index (κ3) is 4.64. The summed E-state index contributed by atoms with van der Waals surface area (Å²) in [5, 5.41) is 9.22. The predicted molar refractivity (Wildman–Crippen MR) is 131 cm³/mol. The lowest BCUT2D eigenvalue weighted by Crippen LogP contribution is -2.45. The fourth-order valence-electron chi connectivity index (χ4n) is 7.42. The Bertz CT molecular complexity index is 1060. The highest BCUT2D eigenvalue weighted by atomic mass is 19.4. The van der Waals surface area contributed by atoms with Crippen LogP contribution in [0.1, 0.15) is 68.1 Å². The average Bonchev–Trinajstić information content (AvgIpc) is 3.16. The van der Waals surface area contributed by atoms with E-state index in [1.54, 1.807) is 6.08 Å². The summed E-state index contributed by atoms with van der Waals surface area (Å²) in [4.78, 5) is 0. The third-order valence-corrected chi connectivity index (χ3v) is 8.91. The maximum Gasteiger partial charge on any atom is 0.412 e. The van der Waals surface area contributed by atoms with Crippen molar-refractivity contribution in [1.29, 1.82) is 0 Å². The van der Waals surface area contributed by atoms with E-state index in [0.717, 1.165) is 43.4 Å². The topological polar surface area (TPSA) is 29.5 Å². The molecular formula is C30H35F3O2. The first-order chi connectivity index (χ1) is 16.8. The van der Waals surface area contributed by atoms with E-state index in [2.05, 4.69) is 12.1 Å². The molecule has 1 saturated carbocycles. The van der Waals surface area contributed by atoms with Gasteiger partial charge in [0.2, 0.25) is 0 Å². The smallest absolute Gasteiger partial charge is 0.412 e. The lowest BCUT2D eigenvalue weighted by Gasteiger charge is -2.52. The van der Waals surface area contributed by atoms with Crippen molar-refractivity contribution in [2.45, 2.75) is 70.6 Å². The second kappa shape index (κ2) is 9.65. The Labute approximate surface area is 206 Å². The summed E-state index contributed by atoms with van der Waals surface area (Å²) in [6.07, 6.45) is 2.62. The number of hydrogen-bond acceptors (Lipinski definition) is 2. The zero-order valence-electron chi connectivity index (χ0n) is 20.4. The average molecular weight is 485 g/mol. The minimum Gasteiger partial charge on any atom is -0.489 e. The molecule has 0 bridgehead atoms. The molecule has 1 fully saturated rings. The van der Waals surface area contributed by atoms with Crippen LogP contribution in [-0.4, -0.2) is 17.9 Å². The van der Waals surface area contributed by atoms with Crippen LogP contribution in [0, 0.1) is 23.2 Å². The van der Waals surface area contributed by atoms with Crippen molar-refractivity contribution < 1.29 is 23.0 Å². The molecule has 5 atom stereocenters. The van der Waals surface area contributed by atoms with Crippen LogP contribution in [0.5, 0.6) is 5.75 Å². The Balaban J connectivity index is 1.37. The van der Waals surface area contributed by atoms with E-state index in [1.807, 2.05) is 43.3 Å². The molecule has 2 aromatic carbocycles. The summed E-state index contributed by atoms with van der Waals surface area (Å²) in [5.74, 6) is 1.37. The zero-order valence-corrected chi connectivity index (χ0v) is 20.4. The minimum atomic E-state index is -4.27. The minimum absolute atomic E-state index is 0.0127. The second-order valence-corrected chi connectivity index (χ2v) is 10.9. The molecular weight excluding hydrogens is 449 g/mol. The second-order valence-electron chi connectivity index (χ2n) is 10.9. The van der Waals surface area contributed by atoms with Crippen LogP contribution in [0.4, 0.5) is 13.2 Å². The van der Waals surface area contributed by atoms with Gasteiger partial charge in [-0.25, -0.2) is 0 Å². The van der Waals surface area contributed by atoms with Gasteiger partial charge in [-0.15, -0.1) is 0 Å². The molecule has 2 aromatic rings. The Morgan fingerprint density at radius 1 is 1.06 bits per heavy atom. The van der Waals surface area contributed by atoms with Crippen molar-refractivity contribution in [3.63, 3.8) is 0 Å². The monoisotopic (exact) mass is 484 g/mol. The quantitative estimate of drug-likeness (QED) is 0.324. The van der Waals surface area contributed by atoms with E-state index in [1.165, 1.54) is 11.1 Å². The van der Waals surface area contributed by atoms with Gasteiger partial charge in [0.05, 0.1) is 0 Å². The molecule has 3 aliphatic carbocycles. The number of hydrogen-bond donors (Lipinski definition) is 1. The molecule has 0 saturated heterocycles. The maximum atomic E-state index is 14.1. The molecule has 1 unspecified atom stereocenters. The molecule has 0 aromatic heterocycles. The van der Waals surface area contributed by atoms with Crippen LogP contribution < -0.4 is 4.74 Å². The van der Waals surface area contributed by atoms with Gasteiger partial charge in [-0.1, -0.05) is 55.8 Å². The van der Waals surface area contributed by atoms with Crippen molar-refractivity contribution in [3.8, 4) is 5.75 Å². The van der Waals surface area contributed by atoms with E-state index in [4.69, 9.17) is 4.74 Å². The normalized spacial score (nSPS) is 29.7. The summed E-state index contributed by atoms with van der Waals surface area (Å²) < 4.78 is 48.4. The molecule has 0 aliphatic heterocycles. The van der Waals surface area contributed by atoms with Gasteiger partial charge < -0.3 is 9.84 Å². The SMILES string of the molecule is C[C@]12CC[C@@H]3c4ccc(OCc5ccccc5)cc4CC[C@H]3[C@@H]1C(CCCCO)C=C2C(F)(F)F. The van der Waals surface area contributed by atoms with E-state index >= 15 is 0 Å². The van der Waals surface area contributed by atoms with Gasteiger partial charge in [-0.3, -0.25) is 0 Å². The number of aliphatic hydroxyl groups is 1. The van der Waals surface area contributed by atoms with Crippen LogP contribution in [0.25, 0.3) is 0 Å². The number of fused-ring (bicyclic) bond motifs is 5. The van der Waals surface area contributed by atoms with Gasteiger partial charge in [0.1, 0.15) is 12.4 Å². The van der Waals surface area contributed by atoms with E-state index in [9.17, 15) is 18.3 Å². The molecule has 5 rings (SSSR count). The lowest BCUT2D eigenvalue weighted by molar-refractivity contribution is -0.115. The number of rotatable bonds is 7. The lowest BCUT2D eigenvalue weighted by atomic mass is 9.52. The van der Waals surface area contributed by atoms with Crippen LogP contribution in [0.15, 0.2) is 60.2 Å². The molecule has 35 heavy (non-hydrogen) atoms. The van der Waals surface area contributed by atoms with Crippen molar-refractivity contribution in [3.05, 3.63) is 76.9 Å². The first kappa shape index (κ1) is 24.4. The fraction of sp³-hybridized carbons (Fsp3) is 0.533. The molecule has 188 valence electrons. The van der Waals surface area contributed by atoms with Crippen molar-refractivity contribution in [2.75, 3.05) is 6.61 Å².